The molecule has 1 aromatic rings. The molecule has 0 aliphatic rings. The van der Waals surface area contributed by atoms with Crippen molar-refractivity contribution in [3.8, 4) is 6.07 Å². The van der Waals surface area contributed by atoms with Crippen LogP contribution in [0.1, 0.15) is 31.4 Å². The first-order valence-electron chi connectivity index (χ1n) is 5.10. The van der Waals surface area contributed by atoms with E-state index in [1.807, 2.05) is 12.1 Å². The molecule has 1 rings (SSSR count). The van der Waals surface area contributed by atoms with E-state index in [-0.39, 0.29) is 0 Å². The van der Waals surface area contributed by atoms with E-state index in [9.17, 15) is 0 Å². The van der Waals surface area contributed by atoms with Gasteiger partial charge in [-0.05, 0) is 37.6 Å². The first-order chi connectivity index (χ1) is 7.24. The Morgan fingerprint density at radius 1 is 1.40 bits per heavy atom. The Bertz CT molecular complexity index is 326. The van der Waals surface area contributed by atoms with E-state index >= 15 is 0 Å². The van der Waals surface area contributed by atoms with Crippen molar-refractivity contribution in [1.29, 1.82) is 5.26 Å². The van der Waals surface area contributed by atoms with Crippen molar-refractivity contribution in [2.45, 2.75) is 25.8 Å². The second-order valence-corrected chi connectivity index (χ2v) is 4.40. The zero-order chi connectivity index (χ0) is 11.1. The molecule has 0 aromatic heterocycles. The highest BCUT2D eigenvalue weighted by Gasteiger charge is 2.03. The molecule has 0 heterocycles. The van der Waals surface area contributed by atoms with Gasteiger partial charge in [0.1, 0.15) is 0 Å². The van der Waals surface area contributed by atoms with Crippen LogP contribution in [0.2, 0.25) is 0 Å². The van der Waals surface area contributed by atoms with E-state index in [0.717, 1.165) is 17.4 Å². The standard InChI is InChI=1S/C12H15BrN2/c1-10(15-9-3-2-8-14)11-4-6-12(13)7-5-11/h4-7,10,15H,2-3,9H2,1H3/t10-/m1/s1. The van der Waals surface area contributed by atoms with Crippen molar-refractivity contribution >= 4 is 15.9 Å². The van der Waals surface area contributed by atoms with Crippen molar-refractivity contribution in [2.75, 3.05) is 6.54 Å². The monoisotopic (exact) mass is 266 g/mol. The van der Waals surface area contributed by atoms with Crippen LogP contribution in [-0.4, -0.2) is 6.54 Å². The fraction of sp³-hybridized carbons (Fsp3) is 0.417. The van der Waals surface area contributed by atoms with Gasteiger partial charge in [-0.15, -0.1) is 0 Å². The van der Waals surface area contributed by atoms with E-state index in [1.54, 1.807) is 0 Å². The van der Waals surface area contributed by atoms with Gasteiger partial charge in [0.25, 0.3) is 0 Å². The quantitative estimate of drug-likeness (QED) is 0.830. The lowest BCUT2D eigenvalue weighted by atomic mass is 10.1. The highest BCUT2D eigenvalue weighted by molar-refractivity contribution is 9.10. The minimum Gasteiger partial charge on any atom is -0.310 e. The van der Waals surface area contributed by atoms with Gasteiger partial charge in [-0.25, -0.2) is 0 Å². The summed E-state index contributed by atoms with van der Waals surface area (Å²) < 4.78 is 1.10. The lowest BCUT2D eigenvalue weighted by Gasteiger charge is -2.13. The average molecular weight is 267 g/mol. The summed E-state index contributed by atoms with van der Waals surface area (Å²) in [7, 11) is 0. The summed E-state index contributed by atoms with van der Waals surface area (Å²) in [5.74, 6) is 0. The topological polar surface area (TPSA) is 35.8 Å². The fourth-order valence-electron chi connectivity index (χ4n) is 1.36. The van der Waals surface area contributed by atoms with Gasteiger partial charge in [0.2, 0.25) is 0 Å². The number of halogens is 1. The number of hydrogen-bond donors (Lipinski definition) is 1. The molecule has 0 aliphatic carbocycles. The summed E-state index contributed by atoms with van der Waals surface area (Å²) in [6.07, 6.45) is 1.54. The Kier molecular flexibility index (Phi) is 5.38. The molecule has 2 nitrogen and oxygen atoms in total. The molecule has 1 N–H and O–H groups in total. The second kappa shape index (κ2) is 6.60. The zero-order valence-corrected chi connectivity index (χ0v) is 10.4. The number of unbranched alkanes of at least 4 members (excludes halogenated alkanes) is 1. The Labute approximate surface area is 99.4 Å². The van der Waals surface area contributed by atoms with Crippen LogP contribution in [-0.2, 0) is 0 Å². The molecule has 0 spiro atoms. The molecule has 0 saturated carbocycles. The molecule has 0 aliphatic heterocycles. The zero-order valence-electron chi connectivity index (χ0n) is 8.83. The van der Waals surface area contributed by atoms with Crippen molar-refractivity contribution in [1.82, 2.24) is 5.32 Å². The molecular formula is C12H15BrN2. The Balaban J connectivity index is 2.37. The van der Waals surface area contributed by atoms with E-state index in [0.29, 0.717) is 12.5 Å². The fourth-order valence-corrected chi connectivity index (χ4v) is 1.62. The maximum absolute atomic E-state index is 8.40. The number of nitriles is 1. The maximum Gasteiger partial charge on any atom is 0.0622 e. The van der Waals surface area contributed by atoms with Crippen LogP contribution in [0, 0.1) is 11.3 Å². The summed E-state index contributed by atoms with van der Waals surface area (Å²) in [6, 6.07) is 10.8. The normalized spacial score (nSPS) is 12.1. The van der Waals surface area contributed by atoms with E-state index < -0.39 is 0 Å². The molecule has 0 amide bonds. The van der Waals surface area contributed by atoms with Crippen LogP contribution in [0.3, 0.4) is 0 Å². The molecule has 0 bridgehead atoms. The lowest BCUT2D eigenvalue weighted by molar-refractivity contribution is 0.562. The molecule has 0 fully saturated rings. The van der Waals surface area contributed by atoms with Crippen molar-refractivity contribution in [3.05, 3.63) is 34.3 Å². The predicted octanol–water partition coefficient (Wildman–Crippen LogP) is 3.40. The predicted molar refractivity (Wildman–Crippen MR) is 65.4 cm³/mol. The van der Waals surface area contributed by atoms with Gasteiger partial charge < -0.3 is 5.32 Å². The minimum atomic E-state index is 0.344. The van der Waals surface area contributed by atoms with Crippen molar-refractivity contribution < 1.29 is 0 Å². The van der Waals surface area contributed by atoms with Crippen LogP contribution in [0.5, 0.6) is 0 Å². The van der Waals surface area contributed by atoms with E-state index in [2.05, 4.69) is 46.4 Å². The SMILES string of the molecule is C[C@@H](NCCCC#N)c1ccc(Br)cc1. The second-order valence-electron chi connectivity index (χ2n) is 3.49. The summed E-state index contributed by atoms with van der Waals surface area (Å²) in [5.41, 5.74) is 1.27. The highest BCUT2D eigenvalue weighted by atomic mass is 79.9. The summed E-state index contributed by atoms with van der Waals surface area (Å²) in [5, 5.41) is 11.8. The third-order valence-electron chi connectivity index (χ3n) is 2.29. The van der Waals surface area contributed by atoms with Crippen LogP contribution in [0.25, 0.3) is 0 Å². The molecule has 3 heteroatoms. The minimum absolute atomic E-state index is 0.344. The van der Waals surface area contributed by atoms with Gasteiger partial charge in [-0.3, -0.25) is 0 Å². The molecular weight excluding hydrogens is 252 g/mol. The van der Waals surface area contributed by atoms with Gasteiger partial charge in [0, 0.05) is 16.9 Å². The Morgan fingerprint density at radius 2 is 2.07 bits per heavy atom. The van der Waals surface area contributed by atoms with Crippen LogP contribution in [0.15, 0.2) is 28.7 Å². The smallest absolute Gasteiger partial charge is 0.0622 e. The first kappa shape index (κ1) is 12.2. The summed E-state index contributed by atoms with van der Waals surface area (Å²) >= 11 is 3.41. The van der Waals surface area contributed by atoms with Crippen LogP contribution >= 0.6 is 15.9 Å². The van der Waals surface area contributed by atoms with Gasteiger partial charge in [-0.2, -0.15) is 5.26 Å². The maximum atomic E-state index is 8.40. The number of hydrogen-bond acceptors (Lipinski definition) is 2. The Hall–Kier alpha value is -0.850. The largest absolute Gasteiger partial charge is 0.310 e. The number of nitrogens with one attached hydrogen (secondary N) is 1. The van der Waals surface area contributed by atoms with Gasteiger partial charge in [-0.1, -0.05) is 28.1 Å². The van der Waals surface area contributed by atoms with Gasteiger partial charge in [0.05, 0.1) is 6.07 Å². The van der Waals surface area contributed by atoms with Gasteiger partial charge in [0.15, 0.2) is 0 Å². The average Bonchev–Trinajstić information content (AvgIpc) is 2.25. The molecule has 1 aromatic carbocycles. The van der Waals surface area contributed by atoms with Crippen LogP contribution in [0.4, 0.5) is 0 Å². The van der Waals surface area contributed by atoms with Gasteiger partial charge >= 0.3 is 0 Å². The molecule has 80 valence electrons. The molecule has 0 saturated heterocycles. The summed E-state index contributed by atoms with van der Waals surface area (Å²) in [6.45, 7) is 3.03. The number of nitrogens with zero attached hydrogens (tertiary/aromatic N) is 1. The first-order valence-corrected chi connectivity index (χ1v) is 5.89. The van der Waals surface area contributed by atoms with Crippen molar-refractivity contribution in [2.24, 2.45) is 0 Å². The molecule has 15 heavy (non-hydrogen) atoms. The van der Waals surface area contributed by atoms with E-state index in [4.69, 9.17) is 5.26 Å². The van der Waals surface area contributed by atoms with Crippen LogP contribution < -0.4 is 5.32 Å². The third kappa shape index (κ3) is 4.46. The van der Waals surface area contributed by atoms with E-state index in [1.165, 1.54) is 5.56 Å². The molecule has 0 unspecified atom stereocenters. The number of benzene rings is 1. The van der Waals surface area contributed by atoms with Crippen molar-refractivity contribution in [3.63, 3.8) is 0 Å². The Morgan fingerprint density at radius 3 is 2.67 bits per heavy atom. The highest BCUT2D eigenvalue weighted by Crippen LogP contribution is 2.16. The number of rotatable bonds is 5. The summed E-state index contributed by atoms with van der Waals surface area (Å²) in [4.78, 5) is 0. The lowest BCUT2D eigenvalue weighted by Crippen LogP contribution is -2.19. The molecule has 1 atom stereocenters. The third-order valence-corrected chi connectivity index (χ3v) is 2.81. The molecule has 0 radical (unpaired) electrons.